The largest absolute Gasteiger partial charge is 0.423 e. The maximum absolute atomic E-state index is 11.9. The minimum atomic E-state index is -0.735. The highest BCUT2D eigenvalue weighted by molar-refractivity contribution is 5.80. The van der Waals surface area contributed by atoms with Crippen LogP contribution in [0.15, 0.2) is 33.5 Å². The average Bonchev–Trinajstić information content (AvgIpc) is 2.94. The van der Waals surface area contributed by atoms with E-state index in [1.165, 1.54) is 0 Å². The van der Waals surface area contributed by atoms with Crippen molar-refractivity contribution in [1.82, 2.24) is 4.90 Å². The minimum absolute atomic E-state index is 0.125. The van der Waals surface area contributed by atoms with E-state index in [1.807, 2.05) is 26.0 Å². The Morgan fingerprint density at radius 1 is 1.35 bits per heavy atom. The number of hydrogen-bond donors (Lipinski definition) is 1. The van der Waals surface area contributed by atoms with E-state index in [0.29, 0.717) is 12.1 Å². The zero-order valence-corrected chi connectivity index (χ0v) is 14.1. The van der Waals surface area contributed by atoms with Crippen molar-refractivity contribution in [2.45, 2.75) is 58.2 Å². The molecule has 4 nitrogen and oxygen atoms in total. The Morgan fingerprint density at radius 2 is 2.13 bits per heavy atom. The first kappa shape index (κ1) is 16.2. The van der Waals surface area contributed by atoms with Crippen molar-refractivity contribution < 1.29 is 9.52 Å². The Bertz CT molecular complexity index is 757. The van der Waals surface area contributed by atoms with E-state index >= 15 is 0 Å². The number of rotatable bonds is 4. The Kier molecular flexibility index (Phi) is 4.30. The second kappa shape index (κ2) is 6.10. The third-order valence-corrected chi connectivity index (χ3v) is 4.86. The molecule has 0 amide bonds. The molecule has 0 bridgehead atoms. The van der Waals surface area contributed by atoms with Gasteiger partial charge in [0.1, 0.15) is 5.58 Å². The quantitative estimate of drug-likeness (QED) is 0.881. The number of aryl methyl sites for hydroxylation is 1. The lowest BCUT2D eigenvalue weighted by Crippen LogP contribution is -2.45. The molecular formula is C19H25NO3. The molecule has 1 fully saturated rings. The van der Waals surface area contributed by atoms with E-state index in [4.69, 9.17) is 4.42 Å². The van der Waals surface area contributed by atoms with Crippen LogP contribution in [0.5, 0.6) is 0 Å². The summed E-state index contributed by atoms with van der Waals surface area (Å²) in [5.41, 5.74) is 1.76. The summed E-state index contributed by atoms with van der Waals surface area (Å²) in [5.74, 6) is 0. The van der Waals surface area contributed by atoms with Gasteiger partial charge in [0.2, 0.25) is 0 Å². The lowest BCUT2D eigenvalue weighted by atomic mass is 9.96. The first-order valence-electron chi connectivity index (χ1n) is 8.40. The molecule has 1 aliphatic heterocycles. The summed E-state index contributed by atoms with van der Waals surface area (Å²) in [5, 5.41) is 11.4. The fourth-order valence-corrected chi connectivity index (χ4v) is 3.66. The summed E-state index contributed by atoms with van der Waals surface area (Å²) >= 11 is 0. The van der Waals surface area contributed by atoms with Gasteiger partial charge in [-0.1, -0.05) is 19.1 Å². The molecule has 1 saturated heterocycles. The second-order valence-corrected chi connectivity index (χ2v) is 7.06. The van der Waals surface area contributed by atoms with Gasteiger partial charge in [-0.15, -0.1) is 0 Å². The molecule has 1 N–H and O–H groups in total. The zero-order chi connectivity index (χ0) is 16.6. The molecule has 3 rings (SSSR count). The Balaban J connectivity index is 1.98. The highest BCUT2D eigenvalue weighted by atomic mass is 16.4. The maximum atomic E-state index is 11.9. The van der Waals surface area contributed by atoms with Crippen molar-refractivity contribution >= 4 is 11.0 Å². The van der Waals surface area contributed by atoms with Gasteiger partial charge in [-0.25, -0.2) is 4.79 Å². The molecule has 1 aromatic heterocycles. The number of benzene rings is 1. The minimum Gasteiger partial charge on any atom is -0.423 e. The number of nitrogens with zero attached hydrogens (tertiary/aromatic N) is 1. The van der Waals surface area contributed by atoms with Crippen LogP contribution < -0.4 is 5.63 Å². The summed E-state index contributed by atoms with van der Waals surface area (Å²) in [6, 6.07) is 7.80. The summed E-state index contributed by atoms with van der Waals surface area (Å²) in [4.78, 5) is 14.2. The van der Waals surface area contributed by atoms with Crippen LogP contribution in [-0.2, 0) is 13.0 Å². The Hall–Kier alpha value is -1.65. The molecule has 2 aromatic rings. The SMILES string of the molecule is CCc1ccc2c(CN3CCCC3C(C)(C)O)cc(=O)oc2c1. The lowest BCUT2D eigenvalue weighted by Gasteiger charge is -2.34. The molecule has 1 aromatic carbocycles. The number of hydrogen-bond acceptors (Lipinski definition) is 4. The molecule has 0 aliphatic carbocycles. The fourth-order valence-electron chi connectivity index (χ4n) is 3.66. The molecule has 0 spiro atoms. The average molecular weight is 315 g/mol. The summed E-state index contributed by atoms with van der Waals surface area (Å²) in [6.07, 6.45) is 2.98. The van der Waals surface area contributed by atoms with Crippen LogP contribution >= 0.6 is 0 Å². The first-order valence-corrected chi connectivity index (χ1v) is 8.40. The summed E-state index contributed by atoms with van der Waals surface area (Å²) < 4.78 is 5.38. The van der Waals surface area contributed by atoms with Gasteiger partial charge in [-0.3, -0.25) is 4.90 Å². The van der Waals surface area contributed by atoms with E-state index < -0.39 is 5.60 Å². The molecule has 0 radical (unpaired) electrons. The van der Waals surface area contributed by atoms with Gasteiger partial charge < -0.3 is 9.52 Å². The van der Waals surface area contributed by atoms with E-state index in [-0.39, 0.29) is 11.7 Å². The van der Waals surface area contributed by atoms with Gasteiger partial charge in [-0.05, 0) is 56.8 Å². The number of likely N-dealkylation sites (tertiary alicyclic amines) is 1. The molecule has 0 saturated carbocycles. The van der Waals surface area contributed by atoms with Gasteiger partial charge in [0, 0.05) is 24.0 Å². The molecule has 1 unspecified atom stereocenters. The van der Waals surface area contributed by atoms with Gasteiger partial charge in [0.05, 0.1) is 5.60 Å². The normalized spacial score (nSPS) is 19.6. The van der Waals surface area contributed by atoms with E-state index in [1.54, 1.807) is 6.07 Å². The molecule has 4 heteroatoms. The van der Waals surface area contributed by atoms with Gasteiger partial charge in [0.25, 0.3) is 0 Å². The zero-order valence-electron chi connectivity index (χ0n) is 14.1. The standard InChI is InChI=1S/C19H25NO3/c1-4-13-7-8-15-14(11-18(21)23-16(15)10-13)12-20-9-5-6-17(20)19(2,3)22/h7-8,10-11,17,22H,4-6,9,12H2,1-3H3. The Morgan fingerprint density at radius 3 is 2.83 bits per heavy atom. The maximum Gasteiger partial charge on any atom is 0.336 e. The smallest absolute Gasteiger partial charge is 0.336 e. The monoisotopic (exact) mass is 315 g/mol. The third-order valence-electron chi connectivity index (χ3n) is 4.86. The highest BCUT2D eigenvalue weighted by Gasteiger charge is 2.35. The van der Waals surface area contributed by atoms with E-state index in [0.717, 1.165) is 42.3 Å². The lowest BCUT2D eigenvalue weighted by molar-refractivity contribution is -0.00492. The van der Waals surface area contributed by atoms with Crippen molar-refractivity contribution in [1.29, 1.82) is 0 Å². The fraction of sp³-hybridized carbons (Fsp3) is 0.526. The molecular weight excluding hydrogens is 290 g/mol. The van der Waals surface area contributed by atoms with E-state index in [2.05, 4.69) is 17.9 Å². The topological polar surface area (TPSA) is 53.7 Å². The van der Waals surface area contributed by atoms with E-state index in [9.17, 15) is 9.90 Å². The first-order chi connectivity index (χ1) is 10.9. The summed E-state index contributed by atoms with van der Waals surface area (Å²) in [7, 11) is 0. The molecule has 1 aliphatic rings. The van der Waals surface area contributed by atoms with Gasteiger partial charge in [0.15, 0.2) is 0 Å². The van der Waals surface area contributed by atoms with Crippen LogP contribution in [0.4, 0.5) is 0 Å². The van der Waals surface area contributed by atoms with Gasteiger partial charge >= 0.3 is 5.63 Å². The van der Waals surface area contributed by atoms with Crippen molar-refractivity contribution in [3.05, 3.63) is 45.8 Å². The predicted octanol–water partition coefficient (Wildman–Crippen LogP) is 3.09. The number of fused-ring (bicyclic) bond motifs is 1. The van der Waals surface area contributed by atoms with Crippen LogP contribution in [0.3, 0.4) is 0 Å². The van der Waals surface area contributed by atoms with Crippen LogP contribution in [0.2, 0.25) is 0 Å². The highest BCUT2D eigenvalue weighted by Crippen LogP contribution is 2.29. The molecule has 23 heavy (non-hydrogen) atoms. The Labute approximate surface area is 136 Å². The van der Waals surface area contributed by atoms with Crippen LogP contribution in [0.1, 0.15) is 44.7 Å². The molecule has 2 heterocycles. The third kappa shape index (κ3) is 3.33. The molecule has 124 valence electrons. The predicted molar refractivity (Wildman–Crippen MR) is 91.6 cm³/mol. The van der Waals surface area contributed by atoms with Crippen LogP contribution in [0, 0.1) is 0 Å². The van der Waals surface area contributed by atoms with Crippen molar-refractivity contribution in [2.24, 2.45) is 0 Å². The van der Waals surface area contributed by atoms with Crippen LogP contribution in [-0.4, -0.2) is 28.2 Å². The summed E-state index contributed by atoms with van der Waals surface area (Å²) in [6.45, 7) is 7.43. The van der Waals surface area contributed by atoms with Gasteiger partial charge in [-0.2, -0.15) is 0 Å². The van der Waals surface area contributed by atoms with Crippen molar-refractivity contribution in [2.75, 3.05) is 6.54 Å². The van der Waals surface area contributed by atoms with Crippen LogP contribution in [0.25, 0.3) is 11.0 Å². The molecule has 1 atom stereocenters. The van der Waals surface area contributed by atoms with Crippen molar-refractivity contribution in [3.8, 4) is 0 Å². The second-order valence-electron chi connectivity index (χ2n) is 7.06. The number of aliphatic hydroxyl groups is 1. The van der Waals surface area contributed by atoms with Crippen molar-refractivity contribution in [3.63, 3.8) is 0 Å².